The Hall–Kier alpha value is -3.23. The van der Waals surface area contributed by atoms with Gasteiger partial charge in [-0.2, -0.15) is 5.10 Å². The van der Waals surface area contributed by atoms with Gasteiger partial charge in [0.1, 0.15) is 11.4 Å². The summed E-state index contributed by atoms with van der Waals surface area (Å²) in [6, 6.07) is 0.0893. The molecule has 0 aliphatic carbocycles. The minimum Gasteiger partial charge on any atom is -0.444 e. The molecule has 152 valence electrons. The number of amides is 1. The molecular formula is C20H25N7O2. The number of anilines is 1. The molecule has 9 nitrogen and oxygen atoms in total. The third kappa shape index (κ3) is 4.44. The summed E-state index contributed by atoms with van der Waals surface area (Å²) in [5, 5.41) is 7.74. The number of nitrogens with one attached hydrogen (secondary N) is 1. The van der Waals surface area contributed by atoms with Crippen LogP contribution in [0.15, 0.2) is 37.2 Å². The van der Waals surface area contributed by atoms with Gasteiger partial charge in [0, 0.05) is 37.1 Å². The Bertz CT molecular complexity index is 1010. The lowest BCUT2D eigenvalue weighted by Crippen LogP contribution is -2.47. The van der Waals surface area contributed by atoms with Crippen molar-refractivity contribution in [3.05, 3.63) is 37.2 Å². The van der Waals surface area contributed by atoms with Gasteiger partial charge in [0.05, 0.1) is 36.0 Å². The minimum absolute atomic E-state index is 0.0893. The van der Waals surface area contributed by atoms with Crippen LogP contribution in [0.2, 0.25) is 0 Å². The Morgan fingerprint density at radius 1 is 1.21 bits per heavy atom. The largest absolute Gasteiger partial charge is 0.444 e. The zero-order chi connectivity index (χ0) is 20.4. The van der Waals surface area contributed by atoms with Crippen molar-refractivity contribution in [2.75, 3.05) is 18.4 Å². The predicted molar refractivity (Wildman–Crippen MR) is 108 cm³/mol. The molecule has 0 bridgehead atoms. The highest BCUT2D eigenvalue weighted by atomic mass is 16.6. The molecule has 1 aliphatic heterocycles. The van der Waals surface area contributed by atoms with Gasteiger partial charge in [-0.15, -0.1) is 0 Å². The lowest BCUT2D eigenvalue weighted by atomic mass is 10.1. The molecule has 9 heteroatoms. The van der Waals surface area contributed by atoms with Gasteiger partial charge >= 0.3 is 6.09 Å². The van der Waals surface area contributed by atoms with Crippen molar-refractivity contribution in [3.8, 4) is 11.3 Å². The summed E-state index contributed by atoms with van der Waals surface area (Å²) in [6.07, 6.45) is 12.0. The smallest absolute Gasteiger partial charge is 0.410 e. The number of rotatable bonds is 3. The molecule has 3 aromatic rings. The van der Waals surface area contributed by atoms with Gasteiger partial charge in [0.25, 0.3) is 0 Å². The van der Waals surface area contributed by atoms with Crippen LogP contribution < -0.4 is 5.32 Å². The fraction of sp³-hybridized carbons (Fsp3) is 0.450. The maximum atomic E-state index is 12.4. The fourth-order valence-electron chi connectivity index (χ4n) is 3.39. The van der Waals surface area contributed by atoms with Crippen LogP contribution in [0.3, 0.4) is 0 Å². The Morgan fingerprint density at radius 2 is 2.07 bits per heavy atom. The first-order valence-electron chi connectivity index (χ1n) is 9.73. The van der Waals surface area contributed by atoms with E-state index in [-0.39, 0.29) is 12.1 Å². The van der Waals surface area contributed by atoms with Crippen molar-refractivity contribution < 1.29 is 9.53 Å². The Balaban J connectivity index is 1.47. The van der Waals surface area contributed by atoms with Crippen LogP contribution in [0.5, 0.6) is 0 Å². The standard InChI is InChI=1S/C20H25N7O2/c1-20(2,3)29-19(28)26-7-4-5-14(13-26)24-18-12-22-10-16(25-18)15-9-23-27-8-6-21-11-17(15)27/h6,8-12,14H,4-5,7,13H2,1-3H3,(H,24,25)/t14-/m1/s1. The van der Waals surface area contributed by atoms with E-state index in [1.54, 1.807) is 46.6 Å². The average molecular weight is 395 g/mol. The monoisotopic (exact) mass is 395 g/mol. The summed E-state index contributed by atoms with van der Waals surface area (Å²) >= 11 is 0. The number of likely N-dealkylation sites (tertiary alicyclic amines) is 1. The van der Waals surface area contributed by atoms with E-state index < -0.39 is 5.60 Å². The van der Waals surface area contributed by atoms with E-state index >= 15 is 0 Å². The lowest BCUT2D eigenvalue weighted by molar-refractivity contribution is 0.0206. The third-order valence-electron chi connectivity index (χ3n) is 4.66. The van der Waals surface area contributed by atoms with E-state index in [1.165, 1.54) is 0 Å². The molecule has 1 saturated heterocycles. The second-order valence-electron chi connectivity index (χ2n) is 8.16. The highest BCUT2D eigenvalue weighted by Gasteiger charge is 2.27. The number of carbonyl (C=O) groups is 1. The molecular weight excluding hydrogens is 370 g/mol. The molecule has 4 heterocycles. The molecule has 0 spiro atoms. The molecule has 1 amide bonds. The van der Waals surface area contributed by atoms with Crippen LogP contribution >= 0.6 is 0 Å². The Kier molecular flexibility index (Phi) is 5.04. The van der Waals surface area contributed by atoms with E-state index in [2.05, 4.69) is 20.4 Å². The van der Waals surface area contributed by atoms with Crippen LogP contribution in [0.1, 0.15) is 33.6 Å². The van der Waals surface area contributed by atoms with E-state index in [0.29, 0.717) is 18.9 Å². The molecule has 0 radical (unpaired) electrons. The Labute approximate surface area is 169 Å². The maximum absolute atomic E-state index is 12.4. The second kappa shape index (κ2) is 7.65. The van der Waals surface area contributed by atoms with E-state index in [0.717, 1.165) is 29.6 Å². The van der Waals surface area contributed by atoms with Gasteiger partial charge in [-0.25, -0.2) is 14.3 Å². The fourth-order valence-corrected chi connectivity index (χ4v) is 3.39. The van der Waals surface area contributed by atoms with Gasteiger partial charge < -0.3 is 15.0 Å². The molecule has 1 atom stereocenters. The summed E-state index contributed by atoms with van der Waals surface area (Å²) in [5.41, 5.74) is 1.96. The first kappa shape index (κ1) is 19.1. The van der Waals surface area contributed by atoms with Crippen molar-refractivity contribution in [2.45, 2.75) is 45.3 Å². The average Bonchev–Trinajstić information content (AvgIpc) is 3.11. The molecule has 4 rings (SSSR count). The van der Waals surface area contributed by atoms with E-state index in [4.69, 9.17) is 9.72 Å². The molecule has 29 heavy (non-hydrogen) atoms. The molecule has 3 aromatic heterocycles. The van der Waals surface area contributed by atoms with Gasteiger partial charge in [0.15, 0.2) is 0 Å². The lowest BCUT2D eigenvalue weighted by Gasteiger charge is -2.34. The van der Waals surface area contributed by atoms with Gasteiger partial charge in [-0.1, -0.05) is 0 Å². The van der Waals surface area contributed by atoms with Gasteiger partial charge in [0.2, 0.25) is 0 Å². The SMILES string of the molecule is CC(C)(C)OC(=O)N1CCC[C@@H](Nc2cncc(-c3cnn4ccncc34)n2)C1. The van der Waals surface area contributed by atoms with Crippen LogP contribution in [-0.2, 0) is 4.74 Å². The van der Waals surface area contributed by atoms with Crippen molar-refractivity contribution >= 4 is 17.4 Å². The molecule has 0 aromatic carbocycles. The molecule has 0 saturated carbocycles. The number of piperidine rings is 1. The van der Waals surface area contributed by atoms with Crippen LogP contribution in [0, 0.1) is 0 Å². The zero-order valence-electron chi connectivity index (χ0n) is 16.9. The van der Waals surface area contributed by atoms with Crippen LogP contribution in [0.4, 0.5) is 10.6 Å². The normalized spacial score (nSPS) is 17.3. The molecule has 1 N–H and O–H groups in total. The first-order chi connectivity index (χ1) is 13.9. The number of aromatic nitrogens is 5. The van der Waals surface area contributed by atoms with Crippen LogP contribution in [0.25, 0.3) is 16.8 Å². The molecule has 0 unspecified atom stereocenters. The highest BCUT2D eigenvalue weighted by Crippen LogP contribution is 2.23. The quantitative estimate of drug-likeness (QED) is 0.728. The predicted octanol–water partition coefficient (Wildman–Crippen LogP) is 3.00. The third-order valence-corrected chi connectivity index (χ3v) is 4.66. The van der Waals surface area contributed by atoms with Crippen molar-refractivity contribution in [3.63, 3.8) is 0 Å². The van der Waals surface area contributed by atoms with E-state index in [9.17, 15) is 4.79 Å². The Morgan fingerprint density at radius 3 is 2.90 bits per heavy atom. The summed E-state index contributed by atoms with van der Waals surface area (Å²) in [6.45, 7) is 6.90. The summed E-state index contributed by atoms with van der Waals surface area (Å²) in [4.78, 5) is 27.3. The van der Waals surface area contributed by atoms with E-state index in [1.807, 2.05) is 20.8 Å². The second-order valence-corrected chi connectivity index (χ2v) is 8.16. The number of carbonyl (C=O) groups excluding carboxylic acids is 1. The van der Waals surface area contributed by atoms with Crippen molar-refractivity contribution in [2.24, 2.45) is 0 Å². The number of hydrogen-bond donors (Lipinski definition) is 1. The first-order valence-corrected chi connectivity index (χ1v) is 9.73. The molecule has 1 aliphatic rings. The molecule has 1 fully saturated rings. The minimum atomic E-state index is -0.500. The van der Waals surface area contributed by atoms with Crippen molar-refractivity contribution in [1.29, 1.82) is 0 Å². The summed E-state index contributed by atoms with van der Waals surface area (Å²) in [7, 11) is 0. The van der Waals surface area contributed by atoms with Crippen molar-refractivity contribution in [1.82, 2.24) is 29.5 Å². The van der Waals surface area contributed by atoms with Gasteiger partial charge in [-0.3, -0.25) is 9.97 Å². The number of hydrogen-bond acceptors (Lipinski definition) is 7. The summed E-state index contributed by atoms with van der Waals surface area (Å²) in [5.74, 6) is 0.668. The highest BCUT2D eigenvalue weighted by molar-refractivity contribution is 5.77. The maximum Gasteiger partial charge on any atom is 0.410 e. The summed E-state index contributed by atoms with van der Waals surface area (Å²) < 4.78 is 7.25. The van der Waals surface area contributed by atoms with Gasteiger partial charge in [-0.05, 0) is 33.6 Å². The number of nitrogens with zero attached hydrogens (tertiary/aromatic N) is 6. The number of ether oxygens (including phenoxy) is 1. The number of fused-ring (bicyclic) bond motifs is 1. The van der Waals surface area contributed by atoms with Crippen LogP contribution in [-0.4, -0.2) is 60.3 Å². The zero-order valence-corrected chi connectivity index (χ0v) is 16.9. The topological polar surface area (TPSA) is 97.5 Å².